The molecule has 1 aromatic heterocycles. The molecule has 1 N–H and O–H groups in total. The van der Waals surface area contributed by atoms with Crippen LogP contribution < -0.4 is 10.1 Å². The van der Waals surface area contributed by atoms with E-state index in [1.54, 1.807) is 0 Å². The van der Waals surface area contributed by atoms with Crippen LogP contribution in [0.2, 0.25) is 5.28 Å². The summed E-state index contributed by atoms with van der Waals surface area (Å²) in [7, 11) is 1.51. The maximum Gasteiger partial charge on any atom is 0.322 e. The zero-order valence-electron chi connectivity index (χ0n) is 11.0. The second-order valence-electron chi connectivity index (χ2n) is 5.02. The Morgan fingerprint density at radius 3 is 2.61 bits per heavy atom. The number of nitrogens with zero attached hydrogens (tertiary/aromatic N) is 3. The first-order valence-electron chi connectivity index (χ1n) is 6.30. The highest BCUT2D eigenvalue weighted by Gasteiger charge is 2.25. The van der Waals surface area contributed by atoms with Gasteiger partial charge < -0.3 is 10.1 Å². The fraction of sp³-hybridized carbons (Fsp3) is 0.750. The van der Waals surface area contributed by atoms with Crippen molar-refractivity contribution in [1.29, 1.82) is 0 Å². The van der Waals surface area contributed by atoms with Crippen molar-refractivity contribution in [2.75, 3.05) is 12.4 Å². The minimum Gasteiger partial charge on any atom is -0.467 e. The van der Waals surface area contributed by atoms with Crippen molar-refractivity contribution in [3.05, 3.63) is 5.28 Å². The lowest BCUT2D eigenvalue weighted by Crippen LogP contribution is -2.31. The molecule has 1 aliphatic rings. The monoisotopic (exact) mass is 270 g/mol. The molecule has 1 heterocycles. The number of hydrogen-bond donors (Lipinski definition) is 1. The molecule has 0 radical (unpaired) electrons. The Morgan fingerprint density at radius 2 is 1.94 bits per heavy atom. The number of methoxy groups -OCH3 is 1. The van der Waals surface area contributed by atoms with Crippen molar-refractivity contribution < 1.29 is 4.74 Å². The summed E-state index contributed by atoms with van der Waals surface area (Å²) in [6, 6.07) is 0.647. The van der Waals surface area contributed by atoms with Crippen molar-refractivity contribution in [2.45, 2.75) is 39.2 Å². The molecule has 0 aliphatic heterocycles. The lowest BCUT2D eigenvalue weighted by atomic mass is 9.79. The first-order chi connectivity index (χ1) is 8.58. The van der Waals surface area contributed by atoms with E-state index in [2.05, 4.69) is 34.1 Å². The average molecular weight is 271 g/mol. The number of hydrogen-bond acceptors (Lipinski definition) is 5. The molecule has 1 saturated carbocycles. The van der Waals surface area contributed by atoms with Crippen LogP contribution in [0.5, 0.6) is 6.01 Å². The van der Waals surface area contributed by atoms with Crippen LogP contribution in [0.15, 0.2) is 0 Å². The predicted molar refractivity (Wildman–Crippen MR) is 71.0 cm³/mol. The highest BCUT2D eigenvalue weighted by Crippen LogP contribution is 2.30. The van der Waals surface area contributed by atoms with Crippen molar-refractivity contribution in [3.8, 4) is 6.01 Å². The third kappa shape index (κ3) is 3.22. The summed E-state index contributed by atoms with van der Waals surface area (Å²) in [6.45, 7) is 4.60. The van der Waals surface area contributed by atoms with E-state index in [1.807, 2.05) is 0 Å². The van der Waals surface area contributed by atoms with Gasteiger partial charge >= 0.3 is 6.01 Å². The van der Waals surface area contributed by atoms with Crippen LogP contribution >= 0.6 is 11.6 Å². The van der Waals surface area contributed by atoms with Gasteiger partial charge in [-0.15, -0.1) is 0 Å². The van der Waals surface area contributed by atoms with Gasteiger partial charge in [-0.05, 0) is 42.7 Å². The molecule has 0 amide bonds. The Hall–Kier alpha value is -1.10. The van der Waals surface area contributed by atoms with E-state index in [4.69, 9.17) is 16.3 Å². The highest BCUT2D eigenvalue weighted by atomic mass is 35.5. The fourth-order valence-electron chi connectivity index (χ4n) is 2.35. The molecule has 100 valence electrons. The maximum atomic E-state index is 5.82. The van der Waals surface area contributed by atoms with Crippen LogP contribution in [0.3, 0.4) is 0 Å². The molecule has 0 aromatic carbocycles. The molecule has 0 bridgehead atoms. The van der Waals surface area contributed by atoms with Gasteiger partial charge in [0.15, 0.2) is 0 Å². The third-order valence-corrected chi connectivity index (χ3v) is 3.87. The summed E-state index contributed by atoms with van der Waals surface area (Å²) in [5.74, 6) is 2.01. The summed E-state index contributed by atoms with van der Waals surface area (Å²) in [6.07, 6.45) is 3.50. The Balaban J connectivity index is 2.03. The van der Waals surface area contributed by atoms with Crippen LogP contribution in [0.4, 0.5) is 5.95 Å². The lowest BCUT2D eigenvalue weighted by molar-refractivity contribution is 0.260. The van der Waals surface area contributed by atoms with Gasteiger partial charge in [0, 0.05) is 6.04 Å². The van der Waals surface area contributed by atoms with Crippen LogP contribution in [-0.4, -0.2) is 28.1 Å². The lowest BCUT2D eigenvalue weighted by Gasteiger charge is -2.32. The molecule has 5 nitrogen and oxygen atoms in total. The molecule has 0 saturated heterocycles. The van der Waals surface area contributed by atoms with Crippen molar-refractivity contribution >= 4 is 17.5 Å². The molecule has 1 aromatic rings. The van der Waals surface area contributed by atoms with Crippen LogP contribution in [0.25, 0.3) is 0 Å². The molecule has 1 aliphatic carbocycles. The fourth-order valence-corrected chi connectivity index (χ4v) is 2.50. The quantitative estimate of drug-likeness (QED) is 0.915. The summed E-state index contributed by atoms with van der Waals surface area (Å²) in [5, 5.41) is 3.47. The van der Waals surface area contributed by atoms with Crippen LogP contribution in [-0.2, 0) is 0 Å². The molecule has 18 heavy (non-hydrogen) atoms. The SMILES string of the molecule is COc1nc(Cl)nc(NC2CCC(C)C(C)C2)n1. The topological polar surface area (TPSA) is 59.9 Å². The van der Waals surface area contributed by atoms with Gasteiger partial charge in [0.05, 0.1) is 7.11 Å². The Labute approximate surface area is 112 Å². The minimum atomic E-state index is 0.154. The molecular formula is C12H19ClN4O. The van der Waals surface area contributed by atoms with Crippen molar-refractivity contribution in [1.82, 2.24) is 15.0 Å². The Kier molecular flexibility index (Phi) is 4.22. The Bertz CT molecular complexity index is 415. The molecule has 3 unspecified atom stereocenters. The minimum absolute atomic E-state index is 0.154. The maximum absolute atomic E-state index is 5.82. The summed E-state index contributed by atoms with van der Waals surface area (Å²) >= 11 is 5.82. The second-order valence-corrected chi connectivity index (χ2v) is 5.36. The molecular weight excluding hydrogens is 252 g/mol. The number of rotatable bonds is 3. The van der Waals surface area contributed by atoms with Gasteiger partial charge in [0.1, 0.15) is 0 Å². The average Bonchev–Trinajstić information content (AvgIpc) is 2.33. The highest BCUT2D eigenvalue weighted by molar-refractivity contribution is 6.28. The van der Waals surface area contributed by atoms with Gasteiger partial charge in [0.2, 0.25) is 11.2 Å². The largest absolute Gasteiger partial charge is 0.467 e. The van der Waals surface area contributed by atoms with Crippen molar-refractivity contribution in [3.63, 3.8) is 0 Å². The van der Waals surface area contributed by atoms with E-state index in [9.17, 15) is 0 Å². The van der Waals surface area contributed by atoms with Crippen molar-refractivity contribution in [2.24, 2.45) is 11.8 Å². The Morgan fingerprint density at radius 1 is 1.17 bits per heavy atom. The van der Waals surface area contributed by atoms with Gasteiger partial charge in [-0.1, -0.05) is 13.8 Å². The molecule has 2 rings (SSSR count). The summed E-state index contributed by atoms with van der Waals surface area (Å²) < 4.78 is 4.98. The molecule has 1 fully saturated rings. The number of ether oxygens (including phenoxy) is 1. The first kappa shape index (κ1) is 13.3. The normalized spacial score (nSPS) is 27.9. The first-order valence-corrected chi connectivity index (χ1v) is 6.68. The molecule has 0 spiro atoms. The van der Waals surface area contributed by atoms with E-state index in [0.717, 1.165) is 24.7 Å². The van der Waals surface area contributed by atoms with Crippen LogP contribution in [0, 0.1) is 11.8 Å². The van der Waals surface area contributed by atoms with Gasteiger partial charge in [-0.25, -0.2) is 0 Å². The molecule has 3 atom stereocenters. The summed E-state index contributed by atoms with van der Waals surface area (Å²) in [4.78, 5) is 12.1. The van der Waals surface area contributed by atoms with E-state index < -0.39 is 0 Å². The van der Waals surface area contributed by atoms with Gasteiger partial charge in [0.25, 0.3) is 0 Å². The second kappa shape index (κ2) is 5.69. The smallest absolute Gasteiger partial charge is 0.322 e. The number of nitrogens with one attached hydrogen (secondary N) is 1. The van der Waals surface area contributed by atoms with Crippen LogP contribution in [0.1, 0.15) is 33.1 Å². The third-order valence-electron chi connectivity index (χ3n) is 3.70. The van der Waals surface area contributed by atoms with E-state index in [-0.39, 0.29) is 11.3 Å². The molecule has 6 heteroatoms. The van der Waals surface area contributed by atoms with E-state index in [0.29, 0.717) is 12.0 Å². The van der Waals surface area contributed by atoms with Gasteiger partial charge in [-0.3, -0.25) is 0 Å². The zero-order chi connectivity index (χ0) is 13.1. The number of aromatic nitrogens is 3. The van der Waals surface area contributed by atoms with E-state index in [1.165, 1.54) is 13.5 Å². The summed E-state index contributed by atoms with van der Waals surface area (Å²) in [5.41, 5.74) is 0. The number of anilines is 1. The van der Waals surface area contributed by atoms with Gasteiger partial charge in [-0.2, -0.15) is 15.0 Å². The zero-order valence-corrected chi connectivity index (χ0v) is 11.7. The predicted octanol–water partition coefficient (Wildman–Crippen LogP) is 2.77. The standard InChI is InChI=1S/C12H19ClN4O/c1-7-4-5-9(6-8(7)2)14-11-15-10(13)16-12(17-11)18-3/h7-9H,4-6H2,1-3H3,(H,14,15,16,17). The van der Waals surface area contributed by atoms with E-state index >= 15 is 0 Å². The number of halogens is 1.